The minimum atomic E-state index is -1.35. The summed E-state index contributed by atoms with van der Waals surface area (Å²) >= 11 is 0. The molecule has 1 N–H and O–H groups in total. The number of anilines is 1. The Hall–Kier alpha value is -6.14. The average molecular weight is 682 g/mol. The number of carbonyl (C=O) groups excluding carboxylic acids is 4. The number of Topliss-reactive ketones (excluding diaryl/α,β-unsaturated/α-hetero) is 1. The smallest absolute Gasteiger partial charge is 0.238 e. The van der Waals surface area contributed by atoms with E-state index in [0.717, 1.165) is 27.6 Å². The van der Waals surface area contributed by atoms with Crippen LogP contribution < -0.4 is 4.90 Å². The van der Waals surface area contributed by atoms with E-state index in [2.05, 4.69) is 12.7 Å². The van der Waals surface area contributed by atoms with Crippen molar-refractivity contribution in [3.8, 4) is 5.75 Å². The Labute approximate surface area is 301 Å². The largest absolute Gasteiger partial charge is 0.507 e. The number of phenolic OH excluding ortho intramolecular Hbond substituents is 1. The summed E-state index contributed by atoms with van der Waals surface area (Å²) in [5, 5.41) is 12.4. The van der Waals surface area contributed by atoms with Gasteiger partial charge in [0.25, 0.3) is 0 Å². The summed E-state index contributed by atoms with van der Waals surface area (Å²) in [6.45, 7) is 3.82. The van der Waals surface area contributed by atoms with Gasteiger partial charge in [-0.1, -0.05) is 127 Å². The Morgan fingerprint density at radius 1 is 0.731 bits per heavy atom. The fourth-order valence-corrected chi connectivity index (χ4v) is 9.79. The number of benzene rings is 5. The summed E-state index contributed by atoms with van der Waals surface area (Å²) in [7, 11) is 0. The van der Waals surface area contributed by atoms with E-state index in [0.29, 0.717) is 28.6 Å². The summed E-state index contributed by atoms with van der Waals surface area (Å²) in [5.41, 5.74) is 3.46. The zero-order valence-corrected chi connectivity index (χ0v) is 28.3. The molecule has 6 atom stereocenters. The number of carbonyl (C=O) groups is 4. The number of hydrogen-bond donors (Lipinski definition) is 1. The first-order valence-electron chi connectivity index (χ1n) is 17.8. The second-order valence-corrected chi connectivity index (χ2v) is 14.3. The number of hydrogen-bond acceptors (Lipinski definition) is 5. The minimum absolute atomic E-state index is 0.113. The molecule has 0 bridgehead atoms. The lowest BCUT2D eigenvalue weighted by Crippen LogP contribution is -2.58. The van der Waals surface area contributed by atoms with E-state index in [9.17, 15) is 14.7 Å². The van der Waals surface area contributed by atoms with Crippen molar-refractivity contribution in [2.24, 2.45) is 23.7 Å². The van der Waals surface area contributed by atoms with Gasteiger partial charge < -0.3 is 5.11 Å². The van der Waals surface area contributed by atoms with Crippen molar-refractivity contribution in [3.05, 3.63) is 168 Å². The molecule has 254 valence electrons. The second kappa shape index (κ2) is 12.0. The highest BCUT2D eigenvalue weighted by Gasteiger charge is 2.66. The highest BCUT2D eigenvalue weighted by Crippen LogP contribution is 2.64. The maximum atomic E-state index is 15.3. The molecule has 1 heterocycles. The van der Waals surface area contributed by atoms with Crippen LogP contribution in [0.5, 0.6) is 5.75 Å². The van der Waals surface area contributed by atoms with Crippen molar-refractivity contribution in [2.45, 2.75) is 24.2 Å². The topological polar surface area (TPSA) is 91.8 Å². The van der Waals surface area contributed by atoms with Gasteiger partial charge in [0.1, 0.15) is 5.75 Å². The first kappa shape index (κ1) is 31.8. The van der Waals surface area contributed by atoms with Crippen LogP contribution in [-0.2, 0) is 24.6 Å². The van der Waals surface area contributed by atoms with Gasteiger partial charge in [0.15, 0.2) is 11.6 Å². The van der Waals surface area contributed by atoms with Gasteiger partial charge in [0, 0.05) is 22.8 Å². The van der Waals surface area contributed by atoms with Gasteiger partial charge in [-0.25, -0.2) is 0 Å². The molecule has 1 saturated carbocycles. The number of allylic oxidation sites excluding steroid dienone is 4. The summed E-state index contributed by atoms with van der Waals surface area (Å²) in [6, 6.07) is 37.1. The molecule has 6 nitrogen and oxygen atoms in total. The molecule has 6 heteroatoms. The number of fused-ring (bicyclic) bond motifs is 5. The van der Waals surface area contributed by atoms with Gasteiger partial charge in [-0.15, -0.1) is 0 Å². The van der Waals surface area contributed by atoms with Crippen molar-refractivity contribution in [2.75, 3.05) is 4.90 Å². The average Bonchev–Trinajstić information content (AvgIpc) is 3.45. The van der Waals surface area contributed by atoms with E-state index in [-0.39, 0.29) is 35.6 Å². The van der Waals surface area contributed by atoms with E-state index >= 15 is 9.59 Å². The molecule has 52 heavy (non-hydrogen) atoms. The Morgan fingerprint density at radius 3 is 2.12 bits per heavy atom. The van der Waals surface area contributed by atoms with Crippen molar-refractivity contribution in [1.29, 1.82) is 0 Å². The van der Waals surface area contributed by atoms with Crippen LogP contribution in [0, 0.1) is 23.7 Å². The molecular weight excluding hydrogens is 647 g/mol. The number of rotatable bonds is 5. The highest BCUT2D eigenvalue weighted by molar-refractivity contribution is 6.32. The SMILES string of the molecule is C=Cc1ccc(N2C(=O)[C@H]3[C@H](CC=C4[C@H]3C[C@H]3C(=O)C(c5ccccc5)=CC(=O)[C@@]3(c3ccccc3)[C@H]4c3ccc(O)c4ccccc34)C2=O)cc1. The van der Waals surface area contributed by atoms with Crippen molar-refractivity contribution in [1.82, 2.24) is 0 Å². The molecule has 0 aromatic heterocycles. The van der Waals surface area contributed by atoms with Crippen LogP contribution in [0.3, 0.4) is 0 Å². The standard InChI is InChI=1S/C46H35NO5/c1-2-27-17-19-30(20-18-27)47-44(51)35-22-21-34-37(41(35)45(47)52)25-38-43(50)36(28-11-5-3-6-12-28)26-40(49)46(38,29-13-7-4-8-14-29)42(34)33-23-24-39(48)32-16-10-9-15-31(32)33/h2-21,23-24,26,35,37-38,41-42,48H,1,22,25H2/t35-,37+,38-,41-,42-,46-/m0/s1. The maximum absolute atomic E-state index is 15.3. The third-order valence-electron chi connectivity index (χ3n) is 12.0. The number of phenols is 1. The number of imide groups is 1. The molecule has 5 aromatic rings. The van der Waals surface area contributed by atoms with Crippen LogP contribution in [0.4, 0.5) is 5.69 Å². The van der Waals surface area contributed by atoms with Crippen LogP contribution in [-0.4, -0.2) is 28.5 Å². The zero-order chi connectivity index (χ0) is 35.7. The number of amides is 2. The third kappa shape index (κ3) is 4.43. The molecular formula is C46H35NO5. The lowest BCUT2D eigenvalue weighted by atomic mass is 9.44. The Kier molecular flexibility index (Phi) is 7.33. The normalized spacial score (nSPS) is 26.7. The number of nitrogens with zero attached hydrogens (tertiary/aromatic N) is 1. The third-order valence-corrected chi connectivity index (χ3v) is 12.0. The van der Waals surface area contributed by atoms with E-state index in [4.69, 9.17) is 0 Å². The first-order valence-corrected chi connectivity index (χ1v) is 17.8. The van der Waals surface area contributed by atoms with Crippen LogP contribution in [0.15, 0.2) is 146 Å². The minimum Gasteiger partial charge on any atom is -0.507 e. The summed E-state index contributed by atoms with van der Waals surface area (Å²) in [6.07, 6.45) is 5.87. The van der Waals surface area contributed by atoms with E-state index in [1.807, 2.05) is 103 Å². The highest BCUT2D eigenvalue weighted by atomic mass is 16.3. The van der Waals surface area contributed by atoms with E-state index < -0.39 is 35.0 Å². The Bertz CT molecular complexity index is 2390. The van der Waals surface area contributed by atoms with Crippen LogP contribution in [0.1, 0.15) is 41.0 Å². The lowest BCUT2D eigenvalue weighted by Gasteiger charge is -2.55. The van der Waals surface area contributed by atoms with Gasteiger partial charge in [-0.05, 0) is 70.7 Å². The number of aromatic hydroxyl groups is 1. The van der Waals surface area contributed by atoms with Crippen LogP contribution in [0.2, 0.25) is 0 Å². The van der Waals surface area contributed by atoms with Crippen molar-refractivity contribution in [3.63, 3.8) is 0 Å². The molecule has 3 aliphatic carbocycles. The molecule has 0 spiro atoms. The lowest BCUT2D eigenvalue weighted by molar-refractivity contribution is -0.134. The molecule has 2 amide bonds. The molecule has 2 fully saturated rings. The molecule has 1 saturated heterocycles. The van der Waals surface area contributed by atoms with Gasteiger partial charge in [0.2, 0.25) is 11.8 Å². The number of ketones is 2. The maximum Gasteiger partial charge on any atom is 0.238 e. The van der Waals surface area contributed by atoms with Crippen molar-refractivity contribution < 1.29 is 24.3 Å². The quantitative estimate of drug-likeness (QED) is 0.149. The second-order valence-electron chi connectivity index (χ2n) is 14.3. The summed E-state index contributed by atoms with van der Waals surface area (Å²) in [5.74, 6) is -4.06. The summed E-state index contributed by atoms with van der Waals surface area (Å²) in [4.78, 5) is 60.7. The Morgan fingerprint density at radius 2 is 1.40 bits per heavy atom. The molecule has 4 aliphatic rings. The Balaban J connectivity index is 1.30. The monoisotopic (exact) mass is 681 g/mol. The van der Waals surface area contributed by atoms with Gasteiger partial charge in [-0.3, -0.25) is 24.1 Å². The fourth-order valence-electron chi connectivity index (χ4n) is 9.79. The molecule has 0 radical (unpaired) electrons. The van der Waals surface area contributed by atoms with Gasteiger partial charge >= 0.3 is 0 Å². The van der Waals surface area contributed by atoms with Crippen molar-refractivity contribution >= 4 is 51.5 Å². The van der Waals surface area contributed by atoms with E-state index in [1.165, 1.54) is 11.0 Å². The summed E-state index contributed by atoms with van der Waals surface area (Å²) < 4.78 is 0. The van der Waals surface area contributed by atoms with Crippen LogP contribution in [0.25, 0.3) is 22.4 Å². The molecule has 1 aliphatic heterocycles. The van der Waals surface area contributed by atoms with Gasteiger partial charge in [0.05, 0.1) is 22.9 Å². The molecule has 0 unspecified atom stereocenters. The zero-order valence-electron chi connectivity index (χ0n) is 28.3. The first-order chi connectivity index (χ1) is 25.3. The molecule has 5 aromatic carbocycles. The fraction of sp³-hybridized carbons (Fsp3) is 0.174. The van der Waals surface area contributed by atoms with Gasteiger partial charge in [-0.2, -0.15) is 0 Å². The predicted octanol–water partition coefficient (Wildman–Crippen LogP) is 8.22. The van der Waals surface area contributed by atoms with E-state index in [1.54, 1.807) is 24.3 Å². The van der Waals surface area contributed by atoms with Crippen LogP contribution >= 0.6 is 0 Å². The predicted molar refractivity (Wildman–Crippen MR) is 201 cm³/mol. The molecule has 9 rings (SSSR count).